The number of fused-ring (bicyclic) bond motifs is 9. The molecule has 0 fully saturated rings. The molecule has 10 aromatic rings. The van der Waals surface area contributed by atoms with Gasteiger partial charge in [-0.25, -0.2) is 0 Å². The quantitative estimate of drug-likeness (QED) is 0.176. The van der Waals surface area contributed by atoms with Gasteiger partial charge >= 0.3 is 0 Å². The maximum absolute atomic E-state index is 2.46. The number of hydrogen-bond acceptors (Lipinski definition) is 1. The van der Waals surface area contributed by atoms with Crippen molar-refractivity contribution in [2.45, 2.75) is 5.41 Å². The second-order valence-corrected chi connectivity index (χ2v) is 14.7. The van der Waals surface area contributed by atoms with Gasteiger partial charge < -0.3 is 4.57 Å². The lowest BCUT2D eigenvalue weighted by molar-refractivity contribution is 0.768. The summed E-state index contributed by atoms with van der Waals surface area (Å²) >= 11 is 1.87. The normalized spacial score (nSPS) is 13.3. The number of rotatable bonds is 4. The molecule has 2 heteroatoms. The molecule has 8 aromatic carbocycles. The molecule has 51 heavy (non-hydrogen) atoms. The van der Waals surface area contributed by atoms with Gasteiger partial charge in [0, 0.05) is 36.6 Å². The first-order valence-corrected chi connectivity index (χ1v) is 18.4. The molecule has 2 aromatic heterocycles. The maximum Gasteiger partial charge on any atom is 0.0713 e. The van der Waals surface area contributed by atoms with Crippen LogP contribution in [0.3, 0.4) is 0 Å². The van der Waals surface area contributed by atoms with Crippen molar-refractivity contribution < 1.29 is 0 Å². The van der Waals surface area contributed by atoms with Gasteiger partial charge in [-0.1, -0.05) is 140 Å². The first-order valence-electron chi connectivity index (χ1n) is 17.6. The van der Waals surface area contributed by atoms with E-state index in [4.69, 9.17) is 0 Å². The first kappa shape index (κ1) is 28.6. The molecule has 0 amide bonds. The van der Waals surface area contributed by atoms with Crippen LogP contribution in [0.5, 0.6) is 0 Å². The van der Waals surface area contributed by atoms with Crippen molar-refractivity contribution >= 4 is 53.3 Å². The Bertz CT molecular complexity index is 2930. The van der Waals surface area contributed by atoms with Gasteiger partial charge in [-0.2, -0.15) is 0 Å². The fourth-order valence-electron chi connectivity index (χ4n) is 8.91. The van der Waals surface area contributed by atoms with Gasteiger partial charge in [-0.15, -0.1) is 11.3 Å². The van der Waals surface area contributed by atoms with Crippen molar-refractivity contribution in [3.63, 3.8) is 0 Å². The highest BCUT2D eigenvalue weighted by atomic mass is 32.1. The summed E-state index contributed by atoms with van der Waals surface area (Å²) in [4.78, 5) is 0. The molecule has 2 heterocycles. The molecule has 0 N–H and O–H groups in total. The topological polar surface area (TPSA) is 4.93 Å². The Balaban J connectivity index is 1.13. The molecule has 0 saturated heterocycles. The number of aromatic nitrogens is 1. The zero-order valence-electron chi connectivity index (χ0n) is 27.8. The largest absolute Gasteiger partial charge is 0.309 e. The summed E-state index contributed by atoms with van der Waals surface area (Å²) in [6.45, 7) is 0. The minimum absolute atomic E-state index is 0.405. The van der Waals surface area contributed by atoms with Gasteiger partial charge in [0.2, 0.25) is 0 Å². The number of thiophene rings is 1. The summed E-state index contributed by atoms with van der Waals surface area (Å²) in [5, 5.41) is 5.19. The molecule has 0 unspecified atom stereocenters. The number of hydrogen-bond donors (Lipinski definition) is 0. The van der Waals surface area contributed by atoms with Crippen LogP contribution in [-0.4, -0.2) is 4.57 Å². The van der Waals surface area contributed by atoms with Crippen LogP contribution in [0, 0.1) is 0 Å². The minimum atomic E-state index is -0.405. The van der Waals surface area contributed by atoms with Crippen LogP contribution in [0.4, 0.5) is 0 Å². The highest BCUT2D eigenvalue weighted by Gasteiger charge is 2.46. The van der Waals surface area contributed by atoms with Crippen LogP contribution in [0.15, 0.2) is 188 Å². The SMILES string of the molecule is c1ccc(C2(c3ccccc3)c3ccccc3-c3cc(-n4c5ccccc5c5cc(-c6ccc7sc8ccccc8c7c6)ccc54)ccc32)cc1. The van der Waals surface area contributed by atoms with Gasteiger partial charge in [-0.05, 0) is 93.0 Å². The Morgan fingerprint density at radius 3 is 1.76 bits per heavy atom. The lowest BCUT2D eigenvalue weighted by atomic mass is 9.68. The Hall–Kier alpha value is -6.22. The lowest BCUT2D eigenvalue weighted by Gasteiger charge is -2.33. The summed E-state index contributed by atoms with van der Waals surface area (Å²) in [7, 11) is 0. The van der Waals surface area contributed by atoms with E-state index in [0.717, 1.165) is 0 Å². The average molecular weight is 666 g/mol. The van der Waals surface area contributed by atoms with E-state index < -0.39 is 5.41 Å². The van der Waals surface area contributed by atoms with Crippen molar-refractivity contribution in [1.82, 2.24) is 4.57 Å². The molecular formula is C49H31NS. The van der Waals surface area contributed by atoms with Crippen LogP contribution in [-0.2, 0) is 5.41 Å². The standard InChI is InChI=1S/C49H31NS/c1-3-13-34(14-4-1)49(35-15-5-2-6-16-35)43-20-10-7-17-37(43)40-31-36(25-26-44(40)49)50-45-21-11-8-18-38(45)41-29-32(23-27-46(41)50)33-24-28-48-42(30-33)39-19-9-12-22-47(39)51-48/h1-31H. The van der Waals surface area contributed by atoms with Gasteiger partial charge in [-0.3, -0.25) is 0 Å². The van der Waals surface area contributed by atoms with Crippen molar-refractivity contribution in [2.75, 3.05) is 0 Å². The smallest absolute Gasteiger partial charge is 0.0713 e. The molecule has 0 aliphatic heterocycles. The highest BCUT2D eigenvalue weighted by molar-refractivity contribution is 7.25. The van der Waals surface area contributed by atoms with Crippen molar-refractivity contribution in [1.29, 1.82) is 0 Å². The minimum Gasteiger partial charge on any atom is -0.309 e. The van der Waals surface area contributed by atoms with E-state index in [2.05, 4.69) is 193 Å². The molecule has 1 aliphatic rings. The third-order valence-corrected chi connectivity index (χ3v) is 12.2. The predicted molar refractivity (Wildman–Crippen MR) is 216 cm³/mol. The van der Waals surface area contributed by atoms with Gasteiger partial charge in [0.15, 0.2) is 0 Å². The number of nitrogens with zero attached hydrogens (tertiary/aromatic N) is 1. The Morgan fingerprint density at radius 2 is 0.961 bits per heavy atom. The fourth-order valence-corrected chi connectivity index (χ4v) is 10.00. The zero-order valence-corrected chi connectivity index (χ0v) is 28.6. The number of benzene rings is 8. The van der Waals surface area contributed by atoms with Crippen LogP contribution < -0.4 is 0 Å². The molecule has 1 aliphatic carbocycles. The molecule has 0 radical (unpaired) electrons. The van der Waals surface area contributed by atoms with Crippen LogP contribution >= 0.6 is 11.3 Å². The van der Waals surface area contributed by atoms with Crippen LogP contribution in [0.2, 0.25) is 0 Å². The monoisotopic (exact) mass is 665 g/mol. The summed E-state index contributed by atoms with van der Waals surface area (Å²) in [5.41, 5.74) is 13.5. The summed E-state index contributed by atoms with van der Waals surface area (Å²) < 4.78 is 5.13. The highest BCUT2D eigenvalue weighted by Crippen LogP contribution is 2.56. The van der Waals surface area contributed by atoms with Gasteiger partial charge in [0.1, 0.15) is 0 Å². The fraction of sp³-hybridized carbons (Fsp3) is 0.0204. The third kappa shape index (κ3) is 4.03. The van der Waals surface area contributed by atoms with Crippen molar-refractivity contribution in [3.8, 4) is 27.9 Å². The molecule has 1 nitrogen and oxygen atoms in total. The van der Waals surface area contributed by atoms with Crippen LogP contribution in [0.25, 0.3) is 69.9 Å². The van der Waals surface area contributed by atoms with Crippen LogP contribution in [0.1, 0.15) is 22.3 Å². The van der Waals surface area contributed by atoms with E-state index >= 15 is 0 Å². The average Bonchev–Trinajstić information content (AvgIpc) is 3.84. The zero-order chi connectivity index (χ0) is 33.5. The van der Waals surface area contributed by atoms with E-state index in [9.17, 15) is 0 Å². The lowest BCUT2D eigenvalue weighted by Crippen LogP contribution is -2.28. The predicted octanol–water partition coefficient (Wildman–Crippen LogP) is 13.2. The molecule has 11 rings (SSSR count). The third-order valence-electron chi connectivity index (χ3n) is 11.1. The van der Waals surface area contributed by atoms with E-state index in [-0.39, 0.29) is 0 Å². The molecule has 0 saturated carbocycles. The summed E-state index contributed by atoms with van der Waals surface area (Å²) in [5.74, 6) is 0. The van der Waals surface area contributed by atoms with Gasteiger partial charge in [0.25, 0.3) is 0 Å². The summed E-state index contributed by atoms with van der Waals surface area (Å²) in [6, 6.07) is 69.7. The Morgan fingerprint density at radius 1 is 0.373 bits per heavy atom. The molecule has 0 spiro atoms. The number of para-hydroxylation sites is 1. The second-order valence-electron chi connectivity index (χ2n) is 13.7. The second kappa shape index (κ2) is 10.9. The summed E-state index contributed by atoms with van der Waals surface area (Å²) in [6.07, 6.45) is 0. The van der Waals surface area contributed by atoms with Gasteiger partial charge in [0.05, 0.1) is 16.4 Å². The molecule has 0 atom stereocenters. The van der Waals surface area contributed by atoms with E-state index in [0.29, 0.717) is 0 Å². The van der Waals surface area contributed by atoms with E-state index in [1.165, 1.54) is 92.2 Å². The molecule has 0 bridgehead atoms. The van der Waals surface area contributed by atoms with Crippen molar-refractivity contribution in [2.24, 2.45) is 0 Å². The first-order chi connectivity index (χ1) is 25.3. The van der Waals surface area contributed by atoms with Crippen molar-refractivity contribution in [3.05, 3.63) is 210 Å². The van der Waals surface area contributed by atoms with E-state index in [1.54, 1.807) is 0 Å². The molecule has 238 valence electrons. The van der Waals surface area contributed by atoms with E-state index in [1.807, 2.05) is 11.3 Å². The molecular weight excluding hydrogens is 635 g/mol. The maximum atomic E-state index is 2.46. The Kier molecular flexibility index (Phi) is 6.11. The Labute approximate surface area is 300 Å².